The van der Waals surface area contributed by atoms with Crippen molar-refractivity contribution in [2.45, 2.75) is 31.8 Å². The normalized spacial score (nSPS) is 13.3. The highest BCUT2D eigenvalue weighted by Gasteiger charge is 2.16. The molecule has 0 aliphatic carbocycles. The first-order valence-corrected chi connectivity index (χ1v) is 8.29. The van der Waals surface area contributed by atoms with Gasteiger partial charge in [0, 0.05) is 18.4 Å². The molecular weight excluding hydrogens is 278 g/mol. The quantitative estimate of drug-likeness (QED) is 0.854. The lowest BCUT2D eigenvalue weighted by Crippen LogP contribution is -2.35. The number of hydrogen-bond donors (Lipinski definition) is 2. The van der Waals surface area contributed by atoms with Crippen LogP contribution in [0, 0.1) is 12.8 Å². The van der Waals surface area contributed by atoms with Crippen LogP contribution in [0.2, 0.25) is 0 Å². The second kappa shape index (κ2) is 6.37. The van der Waals surface area contributed by atoms with Crippen molar-refractivity contribution in [3.05, 3.63) is 29.3 Å². The zero-order valence-corrected chi connectivity index (χ0v) is 13.0. The minimum Gasteiger partial charge on any atom is -0.391 e. The molecular formula is C14H21NO4S. The third-order valence-corrected chi connectivity index (χ3v) is 4.23. The summed E-state index contributed by atoms with van der Waals surface area (Å²) in [6, 6.07) is 4.44. The summed E-state index contributed by atoms with van der Waals surface area (Å²) < 4.78 is 23.0. The average Bonchev–Trinajstić information content (AvgIpc) is 2.34. The summed E-state index contributed by atoms with van der Waals surface area (Å²) in [4.78, 5) is 12.2. The number of hydrogen-bond acceptors (Lipinski definition) is 4. The molecule has 2 N–H and O–H groups in total. The Hall–Kier alpha value is -1.40. The Labute approximate surface area is 119 Å². The minimum atomic E-state index is -3.35. The summed E-state index contributed by atoms with van der Waals surface area (Å²) in [7, 11) is -3.35. The highest BCUT2D eigenvalue weighted by molar-refractivity contribution is 7.90. The van der Waals surface area contributed by atoms with Gasteiger partial charge in [0.15, 0.2) is 9.84 Å². The summed E-state index contributed by atoms with van der Waals surface area (Å²) in [5.41, 5.74) is 0.998. The van der Waals surface area contributed by atoms with Crippen molar-refractivity contribution in [1.29, 1.82) is 0 Å². The number of benzene rings is 1. The van der Waals surface area contributed by atoms with Gasteiger partial charge in [-0.15, -0.1) is 0 Å². The third kappa shape index (κ3) is 4.31. The van der Waals surface area contributed by atoms with Crippen molar-refractivity contribution < 1.29 is 18.3 Å². The number of rotatable bonds is 5. The predicted molar refractivity (Wildman–Crippen MR) is 77.5 cm³/mol. The Balaban J connectivity index is 2.93. The molecule has 1 atom stereocenters. The van der Waals surface area contributed by atoms with Crippen LogP contribution in [0.25, 0.3) is 0 Å². The van der Waals surface area contributed by atoms with E-state index in [1.54, 1.807) is 13.0 Å². The van der Waals surface area contributed by atoms with E-state index in [4.69, 9.17) is 0 Å². The maximum absolute atomic E-state index is 12.1. The second-order valence-electron chi connectivity index (χ2n) is 5.27. The van der Waals surface area contributed by atoms with E-state index in [9.17, 15) is 18.3 Å². The van der Waals surface area contributed by atoms with Crippen LogP contribution in [0.4, 0.5) is 0 Å². The van der Waals surface area contributed by atoms with Crippen molar-refractivity contribution in [3.63, 3.8) is 0 Å². The molecule has 0 saturated heterocycles. The molecule has 20 heavy (non-hydrogen) atoms. The van der Waals surface area contributed by atoms with E-state index in [-0.39, 0.29) is 23.3 Å². The van der Waals surface area contributed by atoms with Crippen LogP contribution >= 0.6 is 0 Å². The van der Waals surface area contributed by atoms with Gasteiger partial charge in [-0.05, 0) is 30.5 Å². The highest BCUT2D eigenvalue weighted by atomic mass is 32.2. The van der Waals surface area contributed by atoms with Crippen LogP contribution in [-0.2, 0) is 9.84 Å². The lowest BCUT2D eigenvalue weighted by atomic mass is 10.1. The molecule has 1 amide bonds. The van der Waals surface area contributed by atoms with Crippen LogP contribution < -0.4 is 5.32 Å². The van der Waals surface area contributed by atoms with Crippen molar-refractivity contribution >= 4 is 15.7 Å². The number of aryl methyl sites for hydroxylation is 1. The predicted octanol–water partition coefficient (Wildman–Crippen LogP) is 1.15. The molecule has 1 unspecified atom stereocenters. The van der Waals surface area contributed by atoms with E-state index in [1.165, 1.54) is 12.1 Å². The van der Waals surface area contributed by atoms with E-state index in [0.717, 1.165) is 6.26 Å². The summed E-state index contributed by atoms with van der Waals surface area (Å²) in [5.74, 6) is -0.341. The number of sulfone groups is 1. The molecule has 0 aliphatic heterocycles. The smallest absolute Gasteiger partial charge is 0.251 e. The fraction of sp³-hybridized carbons (Fsp3) is 0.500. The maximum Gasteiger partial charge on any atom is 0.251 e. The molecule has 0 fully saturated rings. The molecule has 1 aromatic rings. The van der Waals surface area contributed by atoms with Crippen molar-refractivity contribution in [3.8, 4) is 0 Å². The number of amides is 1. The number of carbonyl (C=O) groups excluding carboxylic acids is 1. The Morgan fingerprint density at radius 3 is 2.45 bits per heavy atom. The third-order valence-electron chi connectivity index (χ3n) is 3.12. The Morgan fingerprint density at radius 1 is 1.35 bits per heavy atom. The molecule has 5 nitrogen and oxygen atoms in total. The molecule has 0 bridgehead atoms. The summed E-state index contributed by atoms with van der Waals surface area (Å²) in [5, 5.41) is 12.3. The van der Waals surface area contributed by atoms with E-state index in [2.05, 4.69) is 5.32 Å². The van der Waals surface area contributed by atoms with Gasteiger partial charge in [-0.1, -0.05) is 19.9 Å². The highest BCUT2D eigenvalue weighted by Crippen LogP contribution is 2.15. The van der Waals surface area contributed by atoms with Gasteiger partial charge in [0.05, 0.1) is 11.0 Å². The van der Waals surface area contributed by atoms with Gasteiger partial charge in [-0.2, -0.15) is 0 Å². The Bertz CT molecular complexity index is 593. The first-order chi connectivity index (χ1) is 9.12. The van der Waals surface area contributed by atoms with E-state index < -0.39 is 15.9 Å². The molecule has 6 heteroatoms. The van der Waals surface area contributed by atoms with Gasteiger partial charge < -0.3 is 10.4 Å². The maximum atomic E-state index is 12.1. The Kier molecular flexibility index (Phi) is 5.30. The van der Waals surface area contributed by atoms with Gasteiger partial charge >= 0.3 is 0 Å². The van der Waals surface area contributed by atoms with Gasteiger partial charge in [0.25, 0.3) is 5.91 Å². The first kappa shape index (κ1) is 16.7. The molecule has 1 rings (SSSR count). The molecule has 0 heterocycles. The summed E-state index contributed by atoms with van der Waals surface area (Å²) >= 11 is 0. The molecule has 0 saturated carbocycles. The van der Waals surface area contributed by atoms with E-state index in [1.807, 2.05) is 13.8 Å². The van der Waals surface area contributed by atoms with Gasteiger partial charge in [-0.3, -0.25) is 4.79 Å². The van der Waals surface area contributed by atoms with Crippen LogP contribution in [0.5, 0.6) is 0 Å². The molecule has 0 aliphatic rings. The lowest BCUT2D eigenvalue weighted by Gasteiger charge is -2.16. The van der Waals surface area contributed by atoms with Crippen LogP contribution in [0.15, 0.2) is 23.1 Å². The number of carbonyl (C=O) groups is 1. The van der Waals surface area contributed by atoms with Crippen LogP contribution in [-0.4, -0.2) is 38.3 Å². The van der Waals surface area contributed by atoms with Crippen molar-refractivity contribution in [1.82, 2.24) is 5.32 Å². The monoisotopic (exact) mass is 299 g/mol. The summed E-state index contributed by atoms with van der Waals surface area (Å²) in [6.45, 7) is 5.58. The van der Waals surface area contributed by atoms with Crippen LogP contribution in [0.3, 0.4) is 0 Å². The van der Waals surface area contributed by atoms with Gasteiger partial charge in [-0.25, -0.2) is 8.42 Å². The minimum absolute atomic E-state index is 0.0405. The molecule has 1 aromatic carbocycles. The summed E-state index contributed by atoms with van der Waals surface area (Å²) in [6.07, 6.45) is 0.472. The molecule has 0 radical (unpaired) electrons. The van der Waals surface area contributed by atoms with E-state index in [0.29, 0.717) is 11.1 Å². The molecule has 112 valence electrons. The van der Waals surface area contributed by atoms with Gasteiger partial charge in [0.2, 0.25) is 0 Å². The zero-order chi connectivity index (χ0) is 15.5. The zero-order valence-electron chi connectivity index (χ0n) is 12.2. The number of aliphatic hydroxyl groups is 1. The molecule has 0 aromatic heterocycles. The van der Waals surface area contributed by atoms with Crippen molar-refractivity contribution in [2.24, 2.45) is 5.92 Å². The molecule has 0 spiro atoms. The van der Waals surface area contributed by atoms with Crippen LogP contribution in [0.1, 0.15) is 29.8 Å². The number of nitrogens with one attached hydrogen (secondary N) is 1. The standard InChI is InChI=1S/C14H21NO4S/c1-9(2)13(16)8-15-14(17)12-7-11(20(4,18)19)6-5-10(12)3/h5-7,9,13,16H,8H2,1-4H3,(H,15,17). The Morgan fingerprint density at radius 2 is 1.95 bits per heavy atom. The first-order valence-electron chi connectivity index (χ1n) is 6.40. The van der Waals surface area contributed by atoms with Crippen molar-refractivity contribution in [2.75, 3.05) is 12.8 Å². The lowest BCUT2D eigenvalue weighted by molar-refractivity contribution is 0.0871. The van der Waals surface area contributed by atoms with Gasteiger partial charge in [0.1, 0.15) is 0 Å². The second-order valence-corrected chi connectivity index (χ2v) is 7.29. The fourth-order valence-electron chi connectivity index (χ4n) is 1.60. The SMILES string of the molecule is Cc1ccc(S(C)(=O)=O)cc1C(=O)NCC(O)C(C)C. The largest absolute Gasteiger partial charge is 0.391 e. The van der Waals surface area contributed by atoms with E-state index >= 15 is 0 Å². The average molecular weight is 299 g/mol. The number of aliphatic hydroxyl groups excluding tert-OH is 1. The topological polar surface area (TPSA) is 83.5 Å². The fourth-order valence-corrected chi connectivity index (χ4v) is 2.25.